The molecular weight excluding hydrogens is 362 g/mol. The van der Waals surface area contributed by atoms with Crippen molar-refractivity contribution >= 4 is 33.1 Å². The van der Waals surface area contributed by atoms with E-state index in [1.165, 1.54) is 11.3 Å². The monoisotopic (exact) mass is 377 g/mol. The minimum Gasteiger partial charge on any atom is -0.508 e. The fourth-order valence-corrected chi connectivity index (χ4v) is 3.24. The van der Waals surface area contributed by atoms with E-state index in [4.69, 9.17) is 4.42 Å². The largest absolute Gasteiger partial charge is 0.508 e. The Kier molecular flexibility index (Phi) is 4.43. The second-order valence-corrected chi connectivity index (χ2v) is 6.74. The Morgan fingerprint density at radius 2 is 1.96 bits per heavy atom. The lowest BCUT2D eigenvalue weighted by molar-refractivity contribution is 0.475. The minimum atomic E-state index is -0.422. The van der Waals surface area contributed by atoms with Crippen molar-refractivity contribution in [1.29, 1.82) is 0 Å². The van der Waals surface area contributed by atoms with E-state index in [9.17, 15) is 9.90 Å². The molecule has 0 radical (unpaired) electrons. The second kappa shape index (κ2) is 7.05. The van der Waals surface area contributed by atoms with Crippen LogP contribution in [0.25, 0.3) is 22.2 Å². The average molecular weight is 377 g/mol. The highest BCUT2D eigenvalue weighted by molar-refractivity contribution is 7.14. The lowest BCUT2D eigenvalue weighted by atomic mass is 10.1. The van der Waals surface area contributed by atoms with Crippen molar-refractivity contribution in [3.05, 3.63) is 76.0 Å². The van der Waals surface area contributed by atoms with Gasteiger partial charge in [0.25, 0.3) is 0 Å². The summed E-state index contributed by atoms with van der Waals surface area (Å²) >= 11 is 1.35. The fraction of sp³-hybridized carbons (Fsp3) is 0.0500. The Morgan fingerprint density at radius 3 is 2.78 bits per heavy atom. The zero-order valence-corrected chi connectivity index (χ0v) is 15.2. The maximum Gasteiger partial charge on any atom is 0.345 e. The zero-order valence-electron chi connectivity index (χ0n) is 14.3. The van der Waals surface area contributed by atoms with E-state index in [1.807, 2.05) is 25.1 Å². The quantitative estimate of drug-likeness (QED) is 0.311. The van der Waals surface area contributed by atoms with Crippen LogP contribution in [0.1, 0.15) is 12.5 Å². The summed E-state index contributed by atoms with van der Waals surface area (Å²) in [4.78, 5) is 16.7. The van der Waals surface area contributed by atoms with Crippen LogP contribution in [0.2, 0.25) is 0 Å². The van der Waals surface area contributed by atoms with Crippen LogP contribution in [0.5, 0.6) is 5.75 Å². The lowest BCUT2D eigenvalue weighted by Gasteiger charge is -2.01. The lowest BCUT2D eigenvalue weighted by Crippen LogP contribution is -2.03. The predicted molar refractivity (Wildman–Crippen MR) is 108 cm³/mol. The van der Waals surface area contributed by atoms with Crippen molar-refractivity contribution < 1.29 is 9.52 Å². The smallest absolute Gasteiger partial charge is 0.345 e. The first-order chi connectivity index (χ1) is 13.1. The number of thiazole rings is 1. The molecule has 0 aliphatic rings. The highest BCUT2D eigenvalue weighted by atomic mass is 32.1. The summed E-state index contributed by atoms with van der Waals surface area (Å²) in [6, 6.07) is 15.9. The van der Waals surface area contributed by atoms with Gasteiger partial charge in [0.05, 0.1) is 17.0 Å². The number of aromatic hydroxyl groups is 1. The SMILES string of the molecule is C/C(=N\Nc1nc(-c2cc3ccccc3oc2=O)cs1)c1ccc(O)cc1. The third kappa shape index (κ3) is 3.58. The van der Waals surface area contributed by atoms with Gasteiger partial charge < -0.3 is 9.52 Å². The van der Waals surface area contributed by atoms with Gasteiger partial charge in [-0.3, -0.25) is 5.43 Å². The number of anilines is 1. The standard InChI is InChI=1S/C20H15N3O3S/c1-12(13-6-8-15(24)9-7-13)22-23-20-21-17(11-27-20)16-10-14-4-2-3-5-18(14)26-19(16)25/h2-11,24H,1H3,(H,21,23)/b22-12+. The first-order valence-electron chi connectivity index (χ1n) is 8.18. The van der Waals surface area contributed by atoms with Crippen LogP contribution in [0, 0.1) is 0 Å². The molecular formula is C20H15N3O3S. The van der Waals surface area contributed by atoms with Crippen molar-refractivity contribution in [2.45, 2.75) is 6.92 Å². The normalized spacial score (nSPS) is 11.7. The molecule has 0 saturated carbocycles. The van der Waals surface area contributed by atoms with Gasteiger partial charge in [0.15, 0.2) is 0 Å². The fourth-order valence-electron chi connectivity index (χ4n) is 2.59. The van der Waals surface area contributed by atoms with E-state index in [0.29, 0.717) is 22.0 Å². The molecule has 6 nitrogen and oxygen atoms in total. The van der Waals surface area contributed by atoms with Gasteiger partial charge in [-0.25, -0.2) is 9.78 Å². The average Bonchev–Trinajstić information content (AvgIpc) is 3.15. The molecule has 0 fully saturated rings. The Hall–Kier alpha value is -3.45. The number of para-hydroxylation sites is 1. The summed E-state index contributed by atoms with van der Waals surface area (Å²) in [6.45, 7) is 1.85. The van der Waals surface area contributed by atoms with Gasteiger partial charge >= 0.3 is 5.63 Å². The van der Waals surface area contributed by atoms with Gasteiger partial charge in [-0.05, 0) is 48.9 Å². The molecule has 2 aromatic carbocycles. The van der Waals surface area contributed by atoms with Crippen LogP contribution in [0.3, 0.4) is 0 Å². The highest BCUT2D eigenvalue weighted by Gasteiger charge is 2.11. The number of nitrogens with one attached hydrogen (secondary N) is 1. The van der Waals surface area contributed by atoms with Crippen molar-refractivity contribution in [2.75, 3.05) is 5.43 Å². The van der Waals surface area contributed by atoms with Crippen LogP contribution in [-0.2, 0) is 0 Å². The van der Waals surface area contributed by atoms with Crippen molar-refractivity contribution in [2.24, 2.45) is 5.10 Å². The Balaban J connectivity index is 1.58. The Labute approximate surface area is 158 Å². The molecule has 0 unspecified atom stereocenters. The number of hydrogen-bond acceptors (Lipinski definition) is 7. The summed E-state index contributed by atoms with van der Waals surface area (Å²) in [7, 11) is 0. The second-order valence-electron chi connectivity index (χ2n) is 5.88. The molecule has 2 N–H and O–H groups in total. The molecule has 2 aromatic heterocycles. The maximum absolute atomic E-state index is 12.3. The van der Waals surface area contributed by atoms with Crippen molar-refractivity contribution in [1.82, 2.24) is 4.98 Å². The molecule has 4 aromatic rings. The van der Waals surface area contributed by atoms with E-state index in [2.05, 4.69) is 15.5 Å². The Morgan fingerprint density at radius 1 is 1.19 bits per heavy atom. The van der Waals surface area contributed by atoms with E-state index in [0.717, 1.165) is 16.7 Å². The third-order valence-corrected chi connectivity index (χ3v) is 4.77. The first kappa shape index (κ1) is 17.0. The molecule has 0 bridgehead atoms. The summed E-state index contributed by atoms with van der Waals surface area (Å²) in [5.74, 6) is 0.207. The molecule has 0 atom stereocenters. The topological polar surface area (TPSA) is 87.7 Å². The van der Waals surface area contributed by atoms with Crippen LogP contribution in [-0.4, -0.2) is 15.8 Å². The van der Waals surface area contributed by atoms with Gasteiger partial charge in [0, 0.05) is 10.8 Å². The molecule has 0 saturated heterocycles. The molecule has 134 valence electrons. The van der Waals surface area contributed by atoms with Crippen LogP contribution < -0.4 is 11.1 Å². The van der Waals surface area contributed by atoms with Crippen molar-refractivity contribution in [3.8, 4) is 17.0 Å². The van der Waals surface area contributed by atoms with Crippen LogP contribution in [0.4, 0.5) is 5.13 Å². The molecule has 27 heavy (non-hydrogen) atoms. The molecule has 0 aliphatic carbocycles. The number of hydrazone groups is 1. The summed E-state index contributed by atoms with van der Waals surface area (Å²) in [5, 5.41) is 16.8. The van der Waals surface area contributed by atoms with Gasteiger partial charge in [-0.1, -0.05) is 18.2 Å². The number of hydrogen-bond donors (Lipinski definition) is 2. The first-order valence-corrected chi connectivity index (χ1v) is 9.06. The highest BCUT2D eigenvalue weighted by Crippen LogP contribution is 2.25. The molecule has 0 spiro atoms. The van der Waals surface area contributed by atoms with Crippen LogP contribution >= 0.6 is 11.3 Å². The van der Waals surface area contributed by atoms with Crippen molar-refractivity contribution in [3.63, 3.8) is 0 Å². The van der Waals surface area contributed by atoms with E-state index >= 15 is 0 Å². The summed E-state index contributed by atoms with van der Waals surface area (Å²) in [6.07, 6.45) is 0. The number of fused-ring (bicyclic) bond motifs is 1. The molecule has 0 aliphatic heterocycles. The zero-order chi connectivity index (χ0) is 18.8. The number of nitrogens with zero attached hydrogens (tertiary/aromatic N) is 2. The molecule has 2 heterocycles. The van der Waals surface area contributed by atoms with Crippen LogP contribution in [0.15, 0.2) is 74.3 Å². The molecule has 7 heteroatoms. The van der Waals surface area contributed by atoms with E-state index in [-0.39, 0.29) is 5.75 Å². The molecule has 4 rings (SSSR count). The minimum absolute atomic E-state index is 0.207. The molecule has 0 amide bonds. The number of phenolic OH excluding ortho intramolecular Hbond substituents is 1. The predicted octanol–water partition coefficient (Wildman–Crippen LogP) is 4.46. The van der Waals surface area contributed by atoms with E-state index < -0.39 is 5.63 Å². The third-order valence-electron chi connectivity index (χ3n) is 4.03. The summed E-state index contributed by atoms with van der Waals surface area (Å²) < 4.78 is 5.36. The number of phenols is 1. The van der Waals surface area contributed by atoms with Gasteiger partial charge in [-0.2, -0.15) is 5.10 Å². The number of benzene rings is 2. The van der Waals surface area contributed by atoms with E-state index in [1.54, 1.807) is 41.8 Å². The van der Waals surface area contributed by atoms with Gasteiger partial charge in [-0.15, -0.1) is 11.3 Å². The number of aromatic nitrogens is 1. The van der Waals surface area contributed by atoms with Gasteiger partial charge in [0.2, 0.25) is 5.13 Å². The van der Waals surface area contributed by atoms with Gasteiger partial charge in [0.1, 0.15) is 11.3 Å². The Bertz CT molecular complexity index is 1190. The maximum atomic E-state index is 12.3. The summed E-state index contributed by atoms with van der Waals surface area (Å²) in [5.41, 5.74) is 5.62. The number of rotatable bonds is 4.